The molecule has 1 heterocycles. The van der Waals surface area contributed by atoms with Gasteiger partial charge in [0, 0.05) is 25.6 Å². The number of hydrogen-bond donors (Lipinski definition) is 2. The third-order valence-corrected chi connectivity index (χ3v) is 5.01. The summed E-state index contributed by atoms with van der Waals surface area (Å²) < 4.78 is 51.2. The summed E-state index contributed by atoms with van der Waals surface area (Å²) >= 11 is 0. The van der Waals surface area contributed by atoms with E-state index in [-0.39, 0.29) is 35.5 Å². The molecular weight excluding hydrogens is 359 g/mol. The highest BCUT2D eigenvalue weighted by molar-refractivity contribution is 7.89. The van der Waals surface area contributed by atoms with Gasteiger partial charge in [0.05, 0.1) is 18.1 Å². The lowest BCUT2D eigenvalue weighted by molar-refractivity contribution is 0.165. The molecule has 1 atom stereocenters. The number of ether oxygens (including phenoxy) is 2. The van der Waals surface area contributed by atoms with Crippen molar-refractivity contribution in [2.24, 2.45) is 5.92 Å². The van der Waals surface area contributed by atoms with E-state index in [0.717, 1.165) is 19.0 Å². The lowest BCUT2D eigenvalue weighted by Gasteiger charge is -2.12. The summed E-state index contributed by atoms with van der Waals surface area (Å²) in [5.74, 6) is -0.368. The Morgan fingerprint density at radius 3 is 2.79 bits per heavy atom. The molecule has 0 bridgehead atoms. The van der Waals surface area contributed by atoms with E-state index in [2.05, 4.69) is 10.0 Å². The molecule has 1 aliphatic rings. The first kappa shape index (κ1) is 21.1. The van der Waals surface area contributed by atoms with Gasteiger partial charge in [-0.15, -0.1) is 12.4 Å². The average molecular weight is 383 g/mol. The minimum Gasteiger partial charge on any atom is -0.490 e. The summed E-state index contributed by atoms with van der Waals surface area (Å²) in [4.78, 5) is -0.108. The fraction of sp³-hybridized carbons (Fsp3) is 0.600. The van der Waals surface area contributed by atoms with Crippen LogP contribution in [0.3, 0.4) is 0 Å². The second-order valence-electron chi connectivity index (χ2n) is 5.38. The minimum atomic E-state index is -3.72. The molecule has 24 heavy (non-hydrogen) atoms. The van der Waals surface area contributed by atoms with Gasteiger partial charge in [-0.05, 0) is 31.2 Å². The van der Waals surface area contributed by atoms with Crippen LogP contribution >= 0.6 is 12.4 Å². The third-order valence-electron chi connectivity index (χ3n) is 3.56. The van der Waals surface area contributed by atoms with Crippen LogP contribution in [0.5, 0.6) is 5.75 Å². The van der Waals surface area contributed by atoms with Crippen LogP contribution in [0, 0.1) is 11.7 Å². The van der Waals surface area contributed by atoms with Crippen molar-refractivity contribution in [3.8, 4) is 5.75 Å². The number of likely N-dealkylation sites (N-methyl/N-ethyl adjacent to an activating group) is 1. The Morgan fingerprint density at radius 2 is 2.17 bits per heavy atom. The average Bonchev–Trinajstić information content (AvgIpc) is 3.04. The summed E-state index contributed by atoms with van der Waals surface area (Å²) in [6.07, 6.45) is 0.893. The van der Waals surface area contributed by atoms with Crippen molar-refractivity contribution < 1.29 is 22.3 Å². The van der Waals surface area contributed by atoms with Crippen molar-refractivity contribution in [2.75, 3.05) is 39.5 Å². The van der Waals surface area contributed by atoms with E-state index in [9.17, 15) is 12.8 Å². The standard InChI is InChI=1S/C15H23FN2O4S.ClH/c1-2-17-6-7-18-23(19,20)13-3-4-15(14(16)9-13)22-11-12-5-8-21-10-12;/h3-4,9,12,17-18H,2,5-8,10-11H2,1H3;1H. The molecule has 0 spiro atoms. The lowest BCUT2D eigenvalue weighted by Crippen LogP contribution is -2.31. The van der Waals surface area contributed by atoms with Gasteiger partial charge in [0.15, 0.2) is 11.6 Å². The summed E-state index contributed by atoms with van der Waals surface area (Å²) in [6.45, 7) is 5.13. The van der Waals surface area contributed by atoms with Gasteiger partial charge in [0.2, 0.25) is 10.0 Å². The fourth-order valence-corrected chi connectivity index (χ4v) is 3.27. The van der Waals surface area contributed by atoms with E-state index in [0.29, 0.717) is 26.4 Å². The monoisotopic (exact) mass is 382 g/mol. The smallest absolute Gasteiger partial charge is 0.240 e. The Balaban J connectivity index is 0.00000288. The van der Waals surface area contributed by atoms with Crippen molar-refractivity contribution in [3.05, 3.63) is 24.0 Å². The Hall–Kier alpha value is -0.930. The van der Waals surface area contributed by atoms with Crippen LogP contribution in [-0.2, 0) is 14.8 Å². The third kappa shape index (κ3) is 6.18. The van der Waals surface area contributed by atoms with E-state index in [1.807, 2.05) is 6.92 Å². The second-order valence-corrected chi connectivity index (χ2v) is 7.15. The fourth-order valence-electron chi connectivity index (χ4n) is 2.22. The highest BCUT2D eigenvalue weighted by Crippen LogP contribution is 2.22. The SMILES string of the molecule is CCNCCNS(=O)(=O)c1ccc(OCC2CCOC2)c(F)c1.Cl. The Bertz CT molecular complexity index is 609. The van der Waals surface area contributed by atoms with E-state index in [1.54, 1.807) is 0 Å². The van der Waals surface area contributed by atoms with E-state index < -0.39 is 15.8 Å². The van der Waals surface area contributed by atoms with Gasteiger partial charge in [-0.3, -0.25) is 0 Å². The molecule has 9 heteroatoms. The molecule has 1 unspecified atom stereocenters. The molecule has 1 fully saturated rings. The number of nitrogens with one attached hydrogen (secondary N) is 2. The predicted molar refractivity (Wildman–Crippen MR) is 91.8 cm³/mol. The first-order valence-corrected chi connectivity index (χ1v) is 9.21. The lowest BCUT2D eigenvalue weighted by atomic mass is 10.1. The van der Waals surface area contributed by atoms with Gasteiger partial charge in [-0.25, -0.2) is 17.5 Å². The number of rotatable bonds is 9. The molecule has 2 rings (SSSR count). The van der Waals surface area contributed by atoms with Crippen LogP contribution in [0.2, 0.25) is 0 Å². The van der Waals surface area contributed by atoms with Crippen LogP contribution in [0.4, 0.5) is 4.39 Å². The first-order chi connectivity index (χ1) is 11.0. The zero-order chi connectivity index (χ0) is 16.7. The molecule has 1 saturated heterocycles. The number of benzene rings is 1. The topological polar surface area (TPSA) is 76.7 Å². The van der Waals surface area contributed by atoms with Crippen LogP contribution in [-0.4, -0.2) is 47.9 Å². The largest absolute Gasteiger partial charge is 0.490 e. The molecule has 0 aromatic heterocycles. The Kier molecular flexibility index (Phi) is 8.93. The molecule has 2 N–H and O–H groups in total. The number of sulfonamides is 1. The van der Waals surface area contributed by atoms with Gasteiger partial charge in [0.25, 0.3) is 0 Å². The van der Waals surface area contributed by atoms with Gasteiger partial charge in [-0.1, -0.05) is 6.92 Å². The second kappa shape index (κ2) is 10.1. The van der Waals surface area contributed by atoms with Crippen LogP contribution in [0.1, 0.15) is 13.3 Å². The van der Waals surface area contributed by atoms with Crippen LogP contribution < -0.4 is 14.8 Å². The molecule has 1 aromatic carbocycles. The van der Waals surface area contributed by atoms with E-state index in [4.69, 9.17) is 9.47 Å². The zero-order valence-electron chi connectivity index (χ0n) is 13.6. The molecule has 0 radical (unpaired) electrons. The van der Waals surface area contributed by atoms with E-state index >= 15 is 0 Å². The van der Waals surface area contributed by atoms with Gasteiger partial charge < -0.3 is 14.8 Å². The van der Waals surface area contributed by atoms with Crippen molar-refractivity contribution in [2.45, 2.75) is 18.2 Å². The summed E-state index contributed by atoms with van der Waals surface area (Å²) in [7, 11) is -3.72. The maximum atomic E-state index is 14.0. The molecular formula is C15H24ClFN2O4S. The molecule has 6 nitrogen and oxygen atoms in total. The van der Waals surface area contributed by atoms with Crippen LogP contribution in [0.25, 0.3) is 0 Å². The van der Waals surface area contributed by atoms with E-state index in [1.165, 1.54) is 12.1 Å². The molecule has 0 aliphatic carbocycles. The Labute approximate surface area is 148 Å². The minimum absolute atomic E-state index is 0. The highest BCUT2D eigenvalue weighted by atomic mass is 35.5. The highest BCUT2D eigenvalue weighted by Gasteiger charge is 2.19. The summed E-state index contributed by atoms with van der Waals surface area (Å²) in [6, 6.07) is 3.68. The first-order valence-electron chi connectivity index (χ1n) is 7.73. The van der Waals surface area contributed by atoms with Gasteiger partial charge in [0.1, 0.15) is 0 Å². The predicted octanol–water partition coefficient (Wildman–Crippen LogP) is 1.55. The maximum Gasteiger partial charge on any atom is 0.240 e. The summed E-state index contributed by atoms with van der Waals surface area (Å²) in [5.41, 5.74) is 0. The van der Waals surface area contributed by atoms with Crippen molar-refractivity contribution in [3.63, 3.8) is 0 Å². The van der Waals surface area contributed by atoms with Crippen molar-refractivity contribution in [1.29, 1.82) is 0 Å². The number of hydrogen-bond acceptors (Lipinski definition) is 5. The van der Waals surface area contributed by atoms with Gasteiger partial charge in [-0.2, -0.15) is 0 Å². The molecule has 0 amide bonds. The van der Waals surface area contributed by atoms with Crippen LogP contribution in [0.15, 0.2) is 23.1 Å². The normalized spacial score (nSPS) is 17.5. The van der Waals surface area contributed by atoms with Crippen molar-refractivity contribution >= 4 is 22.4 Å². The molecule has 1 aromatic rings. The maximum absolute atomic E-state index is 14.0. The van der Waals surface area contributed by atoms with Gasteiger partial charge >= 0.3 is 0 Å². The molecule has 1 aliphatic heterocycles. The molecule has 138 valence electrons. The quantitative estimate of drug-likeness (QED) is 0.634. The Morgan fingerprint density at radius 1 is 1.38 bits per heavy atom. The van der Waals surface area contributed by atoms with Crippen molar-refractivity contribution in [1.82, 2.24) is 10.0 Å². The molecule has 0 saturated carbocycles. The number of halogens is 2. The summed E-state index contributed by atoms with van der Waals surface area (Å²) in [5, 5.41) is 3.00. The zero-order valence-corrected chi connectivity index (χ0v) is 15.2.